The lowest BCUT2D eigenvalue weighted by Crippen LogP contribution is -2.26. The largest absolute Gasteiger partial charge is 0.302 e. The molecule has 1 aliphatic heterocycles. The molecule has 4 unspecified atom stereocenters. The molecule has 2 aliphatic rings. The monoisotopic (exact) mass is 229 g/mol. The Kier molecular flexibility index (Phi) is 3.95. The molecule has 1 nitrogen and oxygen atoms in total. The molecule has 15 heavy (non-hydrogen) atoms. The molecule has 0 N–H and O–H groups in total. The van der Waals surface area contributed by atoms with E-state index in [0.717, 1.165) is 17.8 Å². The van der Waals surface area contributed by atoms with E-state index in [2.05, 4.69) is 18.7 Å². The smallest absolute Gasteiger partial charge is 0.0339 e. The van der Waals surface area contributed by atoms with E-state index in [1.807, 2.05) is 0 Å². The molecule has 1 heterocycles. The zero-order valence-corrected chi connectivity index (χ0v) is 10.8. The first-order chi connectivity index (χ1) is 7.19. The Morgan fingerprint density at radius 1 is 1.27 bits per heavy atom. The van der Waals surface area contributed by atoms with Gasteiger partial charge >= 0.3 is 0 Å². The summed E-state index contributed by atoms with van der Waals surface area (Å²) in [4.78, 5) is 2.68. The quantitative estimate of drug-likeness (QED) is 0.671. The summed E-state index contributed by atoms with van der Waals surface area (Å²) in [6.45, 7) is 8.63. The summed E-state index contributed by atoms with van der Waals surface area (Å²) in [7, 11) is 0. The first kappa shape index (κ1) is 11.7. The number of rotatable bonds is 3. The van der Waals surface area contributed by atoms with Gasteiger partial charge in [0.1, 0.15) is 0 Å². The molecule has 0 spiro atoms. The van der Waals surface area contributed by atoms with Crippen molar-refractivity contribution in [1.29, 1.82) is 0 Å². The Labute approximate surface area is 99.2 Å². The molecule has 88 valence electrons. The van der Waals surface area contributed by atoms with Gasteiger partial charge in [0.15, 0.2) is 0 Å². The van der Waals surface area contributed by atoms with Crippen LogP contribution in [0.4, 0.5) is 0 Å². The summed E-state index contributed by atoms with van der Waals surface area (Å²) in [6, 6.07) is 0. The highest BCUT2D eigenvalue weighted by atomic mass is 35.5. The molecule has 1 aliphatic carbocycles. The number of hydrogen-bond acceptors (Lipinski definition) is 1. The summed E-state index contributed by atoms with van der Waals surface area (Å²) in [5.41, 5.74) is 0. The number of nitrogens with zero attached hydrogens (tertiary/aromatic N) is 1. The number of halogens is 1. The normalized spacial score (nSPS) is 39.0. The summed E-state index contributed by atoms with van der Waals surface area (Å²) in [5, 5.41) is 0.467. The highest BCUT2D eigenvalue weighted by Crippen LogP contribution is 2.38. The van der Waals surface area contributed by atoms with Gasteiger partial charge < -0.3 is 4.90 Å². The molecular weight excluding hydrogens is 206 g/mol. The zero-order chi connectivity index (χ0) is 10.8. The third-order valence-corrected chi connectivity index (χ3v) is 4.72. The first-order valence-electron chi connectivity index (χ1n) is 6.55. The SMILES string of the molecule is CCC(C)CN1CC2CCC(Cl)CC2C1. The molecule has 2 fully saturated rings. The van der Waals surface area contributed by atoms with E-state index < -0.39 is 0 Å². The molecule has 2 heteroatoms. The highest BCUT2D eigenvalue weighted by Gasteiger charge is 2.37. The summed E-state index contributed by atoms with van der Waals surface area (Å²) >= 11 is 6.25. The second kappa shape index (κ2) is 5.05. The zero-order valence-electron chi connectivity index (χ0n) is 10.1. The second-order valence-corrected chi connectivity index (χ2v) is 6.28. The van der Waals surface area contributed by atoms with Crippen molar-refractivity contribution in [1.82, 2.24) is 4.90 Å². The standard InChI is InChI=1S/C13H24ClN/c1-3-10(2)7-15-8-11-4-5-13(14)6-12(11)9-15/h10-13H,3-9H2,1-2H3. The molecule has 0 bridgehead atoms. The summed E-state index contributed by atoms with van der Waals surface area (Å²) in [5.74, 6) is 2.73. The fourth-order valence-electron chi connectivity index (χ4n) is 3.19. The van der Waals surface area contributed by atoms with Crippen LogP contribution in [0.2, 0.25) is 0 Å². The van der Waals surface area contributed by atoms with Crippen molar-refractivity contribution in [2.75, 3.05) is 19.6 Å². The van der Waals surface area contributed by atoms with Crippen LogP contribution >= 0.6 is 11.6 Å². The fraction of sp³-hybridized carbons (Fsp3) is 1.00. The lowest BCUT2D eigenvalue weighted by atomic mass is 9.82. The fourth-order valence-corrected chi connectivity index (χ4v) is 3.55. The summed E-state index contributed by atoms with van der Waals surface area (Å²) < 4.78 is 0. The molecule has 0 aromatic carbocycles. The molecule has 4 atom stereocenters. The van der Waals surface area contributed by atoms with E-state index in [-0.39, 0.29) is 0 Å². The minimum Gasteiger partial charge on any atom is -0.302 e. The Balaban J connectivity index is 1.82. The lowest BCUT2D eigenvalue weighted by molar-refractivity contribution is 0.271. The molecular formula is C13H24ClN. The average molecular weight is 230 g/mol. The van der Waals surface area contributed by atoms with E-state index >= 15 is 0 Å². The van der Waals surface area contributed by atoms with Crippen LogP contribution in [0.15, 0.2) is 0 Å². The molecule has 0 aromatic heterocycles. The van der Waals surface area contributed by atoms with E-state index in [1.165, 1.54) is 45.3 Å². The Hall–Kier alpha value is 0.250. The summed E-state index contributed by atoms with van der Waals surface area (Å²) in [6.07, 6.45) is 5.20. The van der Waals surface area contributed by atoms with Gasteiger partial charge in [-0.25, -0.2) is 0 Å². The molecule has 0 aromatic rings. The van der Waals surface area contributed by atoms with E-state index in [0.29, 0.717) is 5.38 Å². The molecule has 2 rings (SSSR count). The van der Waals surface area contributed by atoms with Gasteiger partial charge in [-0.05, 0) is 37.0 Å². The second-order valence-electron chi connectivity index (χ2n) is 5.66. The van der Waals surface area contributed by atoms with Gasteiger partial charge in [0.05, 0.1) is 0 Å². The maximum absolute atomic E-state index is 6.25. The number of fused-ring (bicyclic) bond motifs is 1. The molecule has 0 amide bonds. The predicted octanol–water partition coefficient (Wildman–Crippen LogP) is 3.37. The lowest BCUT2D eigenvalue weighted by Gasteiger charge is -2.27. The topological polar surface area (TPSA) is 3.24 Å². The average Bonchev–Trinajstić information content (AvgIpc) is 2.59. The van der Waals surface area contributed by atoms with E-state index in [1.54, 1.807) is 0 Å². The van der Waals surface area contributed by atoms with Crippen LogP contribution in [0.1, 0.15) is 39.5 Å². The molecule has 1 saturated heterocycles. The van der Waals surface area contributed by atoms with Gasteiger partial charge in [0.25, 0.3) is 0 Å². The van der Waals surface area contributed by atoms with Gasteiger partial charge in [-0.1, -0.05) is 20.3 Å². The van der Waals surface area contributed by atoms with Crippen molar-refractivity contribution in [2.45, 2.75) is 44.9 Å². The van der Waals surface area contributed by atoms with E-state index in [4.69, 9.17) is 11.6 Å². The number of hydrogen-bond donors (Lipinski definition) is 0. The van der Waals surface area contributed by atoms with Crippen molar-refractivity contribution in [2.24, 2.45) is 17.8 Å². The van der Waals surface area contributed by atoms with Crippen LogP contribution in [0.3, 0.4) is 0 Å². The third kappa shape index (κ3) is 2.88. The molecule has 1 saturated carbocycles. The van der Waals surface area contributed by atoms with Crippen molar-refractivity contribution in [3.63, 3.8) is 0 Å². The Bertz CT molecular complexity index is 207. The van der Waals surface area contributed by atoms with Crippen LogP contribution in [-0.4, -0.2) is 29.9 Å². The Morgan fingerprint density at radius 3 is 2.73 bits per heavy atom. The van der Waals surface area contributed by atoms with Crippen molar-refractivity contribution < 1.29 is 0 Å². The maximum atomic E-state index is 6.25. The van der Waals surface area contributed by atoms with Gasteiger partial charge in [0, 0.05) is 25.0 Å². The van der Waals surface area contributed by atoms with Crippen LogP contribution < -0.4 is 0 Å². The molecule has 0 radical (unpaired) electrons. The van der Waals surface area contributed by atoms with Crippen molar-refractivity contribution in [3.05, 3.63) is 0 Å². The maximum Gasteiger partial charge on any atom is 0.0339 e. The first-order valence-corrected chi connectivity index (χ1v) is 6.99. The van der Waals surface area contributed by atoms with Crippen LogP contribution in [-0.2, 0) is 0 Å². The van der Waals surface area contributed by atoms with Crippen LogP contribution in [0, 0.1) is 17.8 Å². The number of alkyl halides is 1. The van der Waals surface area contributed by atoms with Crippen LogP contribution in [0.25, 0.3) is 0 Å². The van der Waals surface area contributed by atoms with Crippen LogP contribution in [0.5, 0.6) is 0 Å². The third-order valence-electron chi connectivity index (χ3n) is 4.33. The minimum atomic E-state index is 0.467. The predicted molar refractivity (Wildman–Crippen MR) is 66.4 cm³/mol. The van der Waals surface area contributed by atoms with Gasteiger partial charge in [0.2, 0.25) is 0 Å². The van der Waals surface area contributed by atoms with E-state index in [9.17, 15) is 0 Å². The van der Waals surface area contributed by atoms with Gasteiger partial charge in [-0.2, -0.15) is 0 Å². The van der Waals surface area contributed by atoms with Gasteiger partial charge in [-0.15, -0.1) is 11.6 Å². The van der Waals surface area contributed by atoms with Gasteiger partial charge in [-0.3, -0.25) is 0 Å². The number of likely N-dealkylation sites (tertiary alicyclic amines) is 1. The minimum absolute atomic E-state index is 0.467. The Morgan fingerprint density at radius 2 is 2.00 bits per heavy atom. The van der Waals surface area contributed by atoms with Crippen molar-refractivity contribution in [3.8, 4) is 0 Å². The van der Waals surface area contributed by atoms with Crippen molar-refractivity contribution >= 4 is 11.6 Å². The highest BCUT2D eigenvalue weighted by molar-refractivity contribution is 6.20.